The van der Waals surface area contributed by atoms with Crippen molar-refractivity contribution in [2.24, 2.45) is 0 Å². The maximum absolute atomic E-state index is 5.43. The summed E-state index contributed by atoms with van der Waals surface area (Å²) in [6, 6.07) is 78.6. The Hall–Kier alpha value is -8.12. The smallest absolute Gasteiger partial charge is 0.160 e. The van der Waals surface area contributed by atoms with Gasteiger partial charge in [-0.2, -0.15) is 0 Å². The molecule has 0 bridgehead atoms. The molecule has 0 unspecified atom stereocenters. The standard InChI is InChI=1S/C58H36N4S/c1-2-16-37(17-3-1)58-59-50(36-51(60-58)43-19-5-4-18-42(43)38-30-31-49-48-24-10-15-29-56(48)63-57(49)34-38)39-32-40(61-52-25-11-6-20-44(52)45-21-7-12-26-53(45)61)35-41(33-39)62-54-27-13-8-22-46(54)47-23-9-14-28-55(47)62/h1-36H. The molecule has 294 valence electrons. The summed E-state index contributed by atoms with van der Waals surface area (Å²) in [5.41, 5.74) is 13.7. The molecular weight excluding hydrogens is 785 g/mol. The number of fused-ring (bicyclic) bond motifs is 9. The minimum Gasteiger partial charge on any atom is -0.309 e. The van der Waals surface area contributed by atoms with Gasteiger partial charge in [0, 0.05) is 69.8 Å². The molecule has 13 rings (SSSR count). The van der Waals surface area contributed by atoms with Gasteiger partial charge in [-0.05, 0) is 71.8 Å². The highest BCUT2D eigenvalue weighted by atomic mass is 32.1. The lowest BCUT2D eigenvalue weighted by Gasteiger charge is -2.17. The third kappa shape index (κ3) is 5.74. The van der Waals surface area contributed by atoms with Gasteiger partial charge in [-0.3, -0.25) is 0 Å². The molecule has 0 N–H and O–H groups in total. The molecule has 4 heterocycles. The number of hydrogen-bond acceptors (Lipinski definition) is 3. The first-order valence-electron chi connectivity index (χ1n) is 21.3. The Balaban J connectivity index is 1.08. The Morgan fingerprint density at radius 3 is 1.38 bits per heavy atom. The Morgan fingerprint density at radius 2 is 0.778 bits per heavy atom. The molecule has 4 nitrogen and oxygen atoms in total. The highest BCUT2D eigenvalue weighted by Crippen LogP contribution is 2.41. The zero-order valence-corrected chi connectivity index (χ0v) is 34.8. The van der Waals surface area contributed by atoms with Gasteiger partial charge in [0.25, 0.3) is 0 Å². The lowest BCUT2D eigenvalue weighted by molar-refractivity contribution is 1.13. The van der Waals surface area contributed by atoms with Crippen molar-refractivity contribution in [1.82, 2.24) is 19.1 Å². The van der Waals surface area contributed by atoms with Gasteiger partial charge in [0.1, 0.15) is 0 Å². The second kappa shape index (κ2) is 14.2. The summed E-state index contributed by atoms with van der Waals surface area (Å²) in [7, 11) is 0. The molecule has 13 aromatic rings. The van der Waals surface area contributed by atoms with Crippen LogP contribution in [0.15, 0.2) is 218 Å². The van der Waals surface area contributed by atoms with E-state index in [0.29, 0.717) is 5.82 Å². The van der Waals surface area contributed by atoms with Crippen LogP contribution in [0.3, 0.4) is 0 Å². The van der Waals surface area contributed by atoms with Crippen molar-refractivity contribution < 1.29 is 0 Å². The van der Waals surface area contributed by atoms with Crippen molar-refractivity contribution in [3.8, 4) is 56.4 Å². The third-order valence-electron chi connectivity index (χ3n) is 12.5. The lowest BCUT2D eigenvalue weighted by atomic mass is 9.95. The van der Waals surface area contributed by atoms with Crippen molar-refractivity contribution in [2.45, 2.75) is 0 Å². The molecule has 9 aromatic carbocycles. The van der Waals surface area contributed by atoms with Crippen LogP contribution >= 0.6 is 11.3 Å². The van der Waals surface area contributed by atoms with Crippen LogP contribution in [0.2, 0.25) is 0 Å². The Bertz CT molecular complexity index is 3690. The van der Waals surface area contributed by atoms with Crippen LogP contribution in [0.4, 0.5) is 0 Å². The molecule has 0 saturated heterocycles. The number of para-hydroxylation sites is 4. The normalized spacial score (nSPS) is 11.8. The van der Waals surface area contributed by atoms with E-state index in [1.165, 1.54) is 41.7 Å². The molecule has 4 aromatic heterocycles. The lowest BCUT2D eigenvalue weighted by Crippen LogP contribution is -2.02. The molecule has 0 aliphatic heterocycles. The summed E-state index contributed by atoms with van der Waals surface area (Å²) in [5.74, 6) is 0.679. The van der Waals surface area contributed by atoms with E-state index in [1.807, 2.05) is 17.4 Å². The van der Waals surface area contributed by atoms with Crippen LogP contribution in [0.5, 0.6) is 0 Å². The number of thiophene rings is 1. The van der Waals surface area contributed by atoms with Gasteiger partial charge < -0.3 is 9.13 Å². The van der Waals surface area contributed by atoms with E-state index in [9.17, 15) is 0 Å². The third-order valence-corrected chi connectivity index (χ3v) is 13.7. The summed E-state index contributed by atoms with van der Waals surface area (Å²) in [4.78, 5) is 10.8. The second-order valence-corrected chi connectivity index (χ2v) is 17.2. The first-order valence-corrected chi connectivity index (χ1v) is 22.1. The van der Waals surface area contributed by atoms with E-state index in [1.54, 1.807) is 0 Å². The van der Waals surface area contributed by atoms with Crippen LogP contribution < -0.4 is 0 Å². The molecule has 5 heteroatoms. The molecule has 63 heavy (non-hydrogen) atoms. The molecule has 0 atom stereocenters. The maximum Gasteiger partial charge on any atom is 0.160 e. The van der Waals surface area contributed by atoms with Gasteiger partial charge in [-0.1, -0.05) is 158 Å². The van der Waals surface area contributed by atoms with Crippen molar-refractivity contribution in [3.63, 3.8) is 0 Å². The number of aromatic nitrogens is 4. The number of rotatable bonds is 6. The van der Waals surface area contributed by atoms with E-state index >= 15 is 0 Å². The summed E-state index contributed by atoms with van der Waals surface area (Å²) >= 11 is 1.84. The first kappa shape index (κ1) is 35.6. The molecule has 0 aliphatic rings. The van der Waals surface area contributed by atoms with E-state index in [0.717, 1.165) is 72.6 Å². The summed E-state index contributed by atoms with van der Waals surface area (Å²) in [6.07, 6.45) is 0. The average Bonchev–Trinajstić information content (AvgIpc) is 4.02. The summed E-state index contributed by atoms with van der Waals surface area (Å²) < 4.78 is 7.39. The van der Waals surface area contributed by atoms with Gasteiger partial charge in [0.2, 0.25) is 0 Å². The van der Waals surface area contributed by atoms with Crippen LogP contribution in [-0.4, -0.2) is 19.1 Å². The van der Waals surface area contributed by atoms with E-state index in [2.05, 4.69) is 221 Å². The Kier molecular flexibility index (Phi) is 8.05. The summed E-state index contributed by atoms with van der Waals surface area (Å²) in [5, 5.41) is 7.47. The van der Waals surface area contributed by atoms with Crippen molar-refractivity contribution in [3.05, 3.63) is 218 Å². The van der Waals surface area contributed by atoms with Crippen LogP contribution in [0.25, 0.3) is 120 Å². The molecule has 0 spiro atoms. The number of hydrogen-bond donors (Lipinski definition) is 0. The second-order valence-electron chi connectivity index (χ2n) is 16.2. The number of nitrogens with zero attached hydrogens (tertiary/aromatic N) is 4. The molecular formula is C58H36N4S. The topological polar surface area (TPSA) is 35.6 Å². The van der Waals surface area contributed by atoms with Gasteiger partial charge in [-0.15, -0.1) is 11.3 Å². The SMILES string of the molecule is c1ccc(-c2nc(-c3cc(-n4c5ccccc5c5ccccc54)cc(-n4c5ccccc5c5ccccc54)c3)cc(-c3ccccc3-c3ccc4c(c3)sc3ccccc34)n2)cc1. The number of benzene rings is 9. The predicted molar refractivity (Wildman–Crippen MR) is 265 cm³/mol. The zero-order chi connectivity index (χ0) is 41.4. The largest absolute Gasteiger partial charge is 0.309 e. The highest BCUT2D eigenvalue weighted by Gasteiger charge is 2.20. The van der Waals surface area contributed by atoms with Crippen molar-refractivity contribution in [1.29, 1.82) is 0 Å². The first-order chi connectivity index (χ1) is 31.2. The molecule has 0 amide bonds. The van der Waals surface area contributed by atoms with Gasteiger partial charge in [0.05, 0.1) is 33.5 Å². The van der Waals surface area contributed by atoms with E-state index < -0.39 is 0 Å². The highest BCUT2D eigenvalue weighted by molar-refractivity contribution is 7.25. The van der Waals surface area contributed by atoms with Crippen LogP contribution in [0.1, 0.15) is 0 Å². The molecule has 0 aliphatic carbocycles. The predicted octanol–water partition coefficient (Wildman–Crippen LogP) is 15.7. The molecule has 0 radical (unpaired) electrons. The van der Waals surface area contributed by atoms with Crippen LogP contribution in [0, 0.1) is 0 Å². The minimum atomic E-state index is 0.679. The quantitative estimate of drug-likeness (QED) is 0.167. The fourth-order valence-electron chi connectivity index (χ4n) is 9.70. The molecule has 0 fully saturated rings. The average molecular weight is 821 g/mol. The zero-order valence-electron chi connectivity index (χ0n) is 34.0. The van der Waals surface area contributed by atoms with Gasteiger partial charge in [-0.25, -0.2) is 9.97 Å². The Morgan fingerprint density at radius 1 is 0.302 bits per heavy atom. The minimum absolute atomic E-state index is 0.679. The van der Waals surface area contributed by atoms with E-state index in [4.69, 9.17) is 9.97 Å². The fourth-order valence-corrected chi connectivity index (χ4v) is 10.8. The van der Waals surface area contributed by atoms with Gasteiger partial charge >= 0.3 is 0 Å². The fraction of sp³-hybridized carbons (Fsp3) is 0. The monoisotopic (exact) mass is 820 g/mol. The Labute approximate surface area is 367 Å². The molecule has 0 saturated carbocycles. The van der Waals surface area contributed by atoms with E-state index in [-0.39, 0.29) is 0 Å². The van der Waals surface area contributed by atoms with Crippen molar-refractivity contribution >= 4 is 75.1 Å². The van der Waals surface area contributed by atoms with Crippen molar-refractivity contribution in [2.75, 3.05) is 0 Å². The maximum atomic E-state index is 5.43. The van der Waals surface area contributed by atoms with Gasteiger partial charge in [0.15, 0.2) is 5.82 Å². The van der Waals surface area contributed by atoms with Crippen LogP contribution in [-0.2, 0) is 0 Å². The summed E-state index contributed by atoms with van der Waals surface area (Å²) in [6.45, 7) is 0.